The lowest BCUT2D eigenvalue weighted by molar-refractivity contribution is 0.106. The van der Waals surface area contributed by atoms with Gasteiger partial charge in [0.1, 0.15) is 18.5 Å². The molecule has 0 saturated carbocycles. The van der Waals surface area contributed by atoms with Gasteiger partial charge in [-0.15, -0.1) is 11.3 Å². The predicted octanol–water partition coefficient (Wildman–Crippen LogP) is 2.32. The zero-order valence-corrected chi connectivity index (χ0v) is 11.6. The van der Waals surface area contributed by atoms with Gasteiger partial charge < -0.3 is 15.2 Å². The maximum absolute atomic E-state index is 9.78. The Morgan fingerprint density at radius 3 is 2.74 bits per heavy atom. The van der Waals surface area contributed by atoms with Crippen LogP contribution in [0.1, 0.15) is 4.88 Å². The molecule has 0 radical (unpaired) electrons. The van der Waals surface area contributed by atoms with E-state index in [4.69, 9.17) is 4.74 Å². The normalized spacial score (nSPS) is 12.3. The molecule has 0 unspecified atom stereocenters. The Balaban J connectivity index is 1.56. The Morgan fingerprint density at radius 1 is 1.16 bits per heavy atom. The first-order chi connectivity index (χ1) is 9.34. The number of ether oxygens (including phenoxy) is 1. The third-order valence-corrected chi connectivity index (χ3v) is 3.63. The van der Waals surface area contributed by atoms with Gasteiger partial charge in [-0.05, 0) is 30.0 Å². The average Bonchev–Trinajstić information content (AvgIpc) is 2.96. The average molecular weight is 277 g/mol. The van der Waals surface area contributed by atoms with Crippen molar-refractivity contribution in [3.8, 4) is 5.75 Å². The summed E-state index contributed by atoms with van der Waals surface area (Å²) in [5.74, 6) is 0.792. The van der Waals surface area contributed by atoms with Crippen LogP contribution in [0, 0.1) is 0 Å². The second kappa shape index (κ2) is 7.94. The maximum atomic E-state index is 9.78. The van der Waals surface area contributed by atoms with Gasteiger partial charge in [-0.3, -0.25) is 0 Å². The highest BCUT2D eigenvalue weighted by molar-refractivity contribution is 7.09. The Hall–Kier alpha value is -1.36. The Labute approximate surface area is 117 Å². The van der Waals surface area contributed by atoms with E-state index in [1.807, 2.05) is 30.3 Å². The van der Waals surface area contributed by atoms with Gasteiger partial charge in [-0.1, -0.05) is 24.3 Å². The first-order valence-corrected chi connectivity index (χ1v) is 7.31. The summed E-state index contributed by atoms with van der Waals surface area (Å²) in [6.45, 7) is 1.75. The number of thiophene rings is 1. The van der Waals surface area contributed by atoms with Crippen molar-refractivity contribution < 1.29 is 9.84 Å². The molecular weight excluding hydrogens is 258 g/mol. The van der Waals surface area contributed by atoms with E-state index in [1.54, 1.807) is 11.3 Å². The molecule has 0 saturated heterocycles. The predicted molar refractivity (Wildman–Crippen MR) is 78.8 cm³/mol. The molecular formula is C15H19NO2S. The van der Waals surface area contributed by atoms with Gasteiger partial charge in [-0.25, -0.2) is 0 Å². The number of hydrogen-bond acceptors (Lipinski definition) is 4. The summed E-state index contributed by atoms with van der Waals surface area (Å²) in [6, 6.07) is 13.7. The minimum atomic E-state index is -0.483. The molecule has 2 aromatic rings. The highest BCUT2D eigenvalue weighted by atomic mass is 32.1. The summed E-state index contributed by atoms with van der Waals surface area (Å²) in [7, 11) is 0. The van der Waals surface area contributed by atoms with Gasteiger partial charge in [0, 0.05) is 18.0 Å². The van der Waals surface area contributed by atoms with Crippen LogP contribution in [0.5, 0.6) is 5.75 Å². The van der Waals surface area contributed by atoms with Crippen LogP contribution in [0.4, 0.5) is 0 Å². The van der Waals surface area contributed by atoms with Gasteiger partial charge in [0.15, 0.2) is 0 Å². The topological polar surface area (TPSA) is 41.5 Å². The highest BCUT2D eigenvalue weighted by Gasteiger charge is 2.04. The van der Waals surface area contributed by atoms with Crippen molar-refractivity contribution in [2.45, 2.75) is 12.5 Å². The van der Waals surface area contributed by atoms with Crippen LogP contribution >= 0.6 is 11.3 Å². The molecule has 3 nitrogen and oxygen atoms in total. The van der Waals surface area contributed by atoms with E-state index in [0.29, 0.717) is 13.2 Å². The molecule has 4 heteroatoms. The summed E-state index contributed by atoms with van der Waals surface area (Å²) < 4.78 is 5.48. The first-order valence-electron chi connectivity index (χ1n) is 6.43. The van der Waals surface area contributed by atoms with Crippen molar-refractivity contribution in [3.05, 3.63) is 52.7 Å². The standard InChI is InChI=1S/C15H19NO2S/c17-13(12-18-14-5-2-1-3-6-14)11-16-9-8-15-7-4-10-19-15/h1-7,10,13,16-17H,8-9,11-12H2/t13-/m0/s1. The Kier molecular flexibility index (Phi) is 5.88. The zero-order valence-electron chi connectivity index (χ0n) is 10.8. The van der Waals surface area contributed by atoms with E-state index < -0.39 is 6.10 Å². The van der Waals surface area contributed by atoms with Crippen LogP contribution in [0.25, 0.3) is 0 Å². The van der Waals surface area contributed by atoms with Crippen molar-refractivity contribution in [2.75, 3.05) is 19.7 Å². The minimum absolute atomic E-state index is 0.315. The molecule has 1 atom stereocenters. The molecule has 0 aliphatic carbocycles. The van der Waals surface area contributed by atoms with E-state index >= 15 is 0 Å². The lowest BCUT2D eigenvalue weighted by atomic mass is 10.3. The third kappa shape index (κ3) is 5.42. The van der Waals surface area contributed by atoms with Crippen LogP contribution in [-0.2, 0) is 6.42 Å². The lowest BCUT2D eigenvalue weighted by Gasteiger charge is -2.13. The molecule has 1 aromatic heterocycles. The zero-order chi connectivity index (χ0) is 13.3. The second-order valence-corrected chi connectivity index (χ2v) is 5.34. The number of hydrogen-bond donors (Lipinski definition) is 2. The summed E-state index contributed by atoms with van der Waals surface area (Å²) in [5, 5.41) is 15.1. The molecule has 1 heterocycles. The van der Waals surface area contributed by atoms with Crippen LogP contribution in [0.15, 0.2) is 47.8 Å². The quantitative estimate of drug-likeness (QED) is 0.728. The van der Waals surface area contributed by atoms with Gasteiger partial charge in [-0.2, -0.15) is 0 Å². The molecule has 0 aliphatic heterocycles. The SMILES string of the molecule is O[C@@H](CNCCc1cccs1)COc1ccccc1. The molecule has 2 N–H and O–H groups in total. The number of para-hydroxylation sites is 1. The van der Waals surface area contributed by atoms with Gasteiger partial charge in [0.05, 0.1) is 0 Å². The van der Waals surface area contributed by atoms with E-state index in [0.717, 1.165) is 18.7 Å². The number of nitrogens with one attached hydrogen (secondary N) is 1. The van der Waals surface area contributed by atoms with Crippen molar-refractivity contribution >= 4 is 11.3 Å². The molecule has 0 fully saturated rings. The summed E-state index contributed by atoms with van der Waals surface area (Å²) in [5.41, 5.74) is 0. The Morgan fingerprint density at radius 2 is 2.00 bits per heavy atom. The van der Waals surface area contributed by atoms with E-state index in [1.165, 1.54) is 4.88 Å². The third-order valence-electron chi connectivity index (χ3n) is 2.69. The number of aliphatic hydroxyl groups excluding tert-OH is 1. The summed E-state index contributed by atoms with van der Waals surface area (Å²) in [6.07, 6.45) is 0.521. The Bertz CT molecular complexity index is 444. The second-order valence-electron chi connectivity index (χ2n) is 4.31. The van der Waals surface area contributed by atoms with Crippen LogP contribution < -0.4 is 10.1 Å². The van der Waals surface area contributed by atoms with Crippen molar-refractivity contribution in [1.29, 1.82) is 0 Å². The van der Waals surface area contributed by atoms with Crippen molar-refractivity contribution in [2.24, 2.45) is 0 Å². The van der Waals surface area contributed by atoms with E-state index in [2.05, 4.69) is 22.8 Å². The molecule has 19 heavy (non-hydrogen) atoms. The fourth-order valence-electron chi connectivity index (χ4n) is 1.70. The first kappa shape index (κ1) is 14.1. The summed E-state index contributed by atoms with van der Waals surface area (Å²) in [4.78, 5) is 1.36. The molecule has 0 bridgehead atoms. The molecule has 2 rings (SSSR count). The van der Waals surface area contributed by atoms with Crippen LogP contribution in [0.2, 0.25) is 0 Å². The van der Waals surface area contributed by atoms with Crippen molar-refractivity contribution in [1.82, 2.24) is 5.32 Å². The largest absolute Gasteiger partial charge is 0.491 e. The van der Waals surface area contributed by atoms with Crippen molar-refractivity contribution in [3.63, 3.8) is 0 Å². The molecule has 0 aliphatic rings. The molecule has 1 aromatic carbocycles. The fourth-order valence-corrected chi connectivity index (χ4v) is 2.41. The lowest BCUT2D eigenvalue weighted by Crippen LogP contribution is -2.32. The molecule has 0 amide bonds. The minimum Gasteiger partial charge on any atom is -0.491 e. The maximum Gasteiger partial charge on any atom is 0.119 e. The molecule has 0 spiro atoms. The molecule has 102 valence electrons. The van der Waals surface area contributed by atoms with Crippen LogP contribution in [0.3, 0.4) is 0 Å². The van der Waals surface area contributed by atoms with E-state index in [9.17, 15) is 5.11 Å². The van der Waals surface area contributed by atoms with Crippen LogP contribution in [-0.4, -0.2) is 30.9 Å². The van der Waals surface area contributed by atoms with Gasteiger partial charge in [0.25, 0.3) is 0 Å². The number of aliphatic hydroxyl groups is 1. The monoisotopic (exact) mass is 277 g/mol. The fraction of sp³-hybridized carbons (Fsp3) is 0.333. The number of benzene rings is 1. The van der Waals surface area contributed by atoms with Gasteiger partial charge >= 0.3 is 0 Å². The van der Waals surface area contributed by atoms with E-state index in [-0.39, 0.29) is 0 Å². The smallest absolute Gasteiger partial charge is 0.119 e. The number of rotatable bonds is 8. The van der Waals surface area contributed by atoms with Gasteiger partial charge in [0.2, 0.25) is 0 Å². The summed E-state index contributed by atoms with van der Waals surface area (Å²) >= 11 is 1.76. The highest BCUT2D eigenvalue weighted by Crippen LogP contribution is 2.09.